The van der Waals surface area contributed by atoms with E-state index >= 15 is 0 Å². The van der Waals surface area contributed by atoms with E-state index in [1.54, 1.807) is 14.2 Å². The summed E-state index contributed by atoms with van der Waals surface area (Å²) < 4.78 is 10.9. The number of anilines is 1. The van der Waals surface area contributed by atoms with Gasteiger partial charge in [0.15, 0.2) is 0 Å². The lowest BCUT2D eigenvalue weighted by Crippen LogP contribution is -2.41. The van der Waals surface area contributed by atoms with Gasteiger partial charge in [-0.05, 0) is 53.6 Å². The van der Waals surface area contributed by atoms with Gasteiger partial charge in [0, 0.05) is 19.6 Å². The molecule has 31 heavy (non-hydrogen) atoms. The molecule has 0 bridgehead atoms. The molecular formula is C27H34N2O2. The predicted molar refractivity (Wildman–Crippen MR) is 129 cm³/mol. The zero-order valence-corrected chi connectivity index (χ0v) is 18.9. The first-order chi connectivity index (χ1) is 15.1. The minimum atomic E-state index is 0.201. The average molecular weight is 419 g/mol. The number of piperidine rings is 1. The van der Waals surface area contributed by atoms with Crippen LogP contribution in [0.25, 0.3) is 0 Å². The van der Waals surface area contributed by atoms with Crippen molar-refractivity contribution in [1.29, 1.82) is 0 Å². The monoisotopic (exact) mass is 418 g/mol. The number of nitrogens with two attached hydrogens (primary N) is 1. The summed E-state index contributed by atoms with van der Waals surface area (Å²) in [5.74, 6) is 1.90. The van der Waals surface area contributed by atoms with E-state index in [1.807, 2.05) is 48.5 Å². The maximum Gasteiger partial charge on any atom is 0.142 e. The maximum absolute atomic E-state index is 5.51. The predicted octanol–water partition coefficient (Wildman–Crippen LogP) is 5.41. The molecule has 0 atom stereocenters. The molecule has 0 saturated carbocycles. The number of benzene rings is 3. The summed E-state index contributed by atoms with van der Waals surface area (Å²) in [5, 5.41) is 0. The number of hydrogen-bond donors (Lipinski definition) is 1. The first-order valence-corrected chi connectivity index (χ1v) is 10.9. The summed E-state index contributed by atoms with van der Waals surface area (Å²) in [6.07, 6.45) is 2.25. The summed E-state index contributed by atoms with van der Waals surface area (Å²) in [6, 6.07) is 26.8. The van der Waals surface area contributed by atoms with E-state index in [2.05, 4.69) is 42.2 Å². The van der Waals surface area contributed by atoms with E-state index in [-0.39, 0.29) is 5.41 Å². The zero-order valence-electron chi connectivity index (χ0n) is 18.9. The van der Waals surface area contributed by atoms with Gasteiger partial charge in [-0.15, -0.1) is 0 Å². The molecule has 0 spiro atoms. The Hall–Kier alpha value is -2.98. The fourth-order valence-electron chi connectivity index (χ4n) is 4.03. The Morgan fingerprint density at radius 3 is 2.13 bits per heavy atom. The van der Waals surface area contributed by atoms with E-state index in [1.165, 1.54) is 16.8 Å². The van der Waals surface area contributed by atoms with E-state index in [0.717, 1.165) is 37.4 Å². The van der Waals surface area contributed by atoms with Crippen molar-refractivity contribution < 1.29 is 9.47 Å². The SMILES string of the molecule is COc1cccc(C2(C)CCN(c3ccccc3OC)CC2)c1.NCc1ccccc1. The molecule has 4 heteroatoms. The molecule has 3 aromatic carbocycles. The molecule has 1 aliphatic heterocycles. The normalized spacial score (nSPS) is 14.9. The summed E-state index contributed by atoms with van der Waals surface area (Å²) in [6.45, 7) is 5.07. The molecule has 4 nitrogen and oxygen atoms in total. The van der Waals surface area contributed by atoms with E-state index in [4.69, 9.17) is 15.2 Å². The highest BCUT2D eigenvalue weighted by Crippen LogP contribution is 2.39. The Balaban J connectivity index is 0.000000287. The van der Waals surface area contributed by atoms with Crippen molar-refractivity contribution in [2.24, 2.45) is 5.73 Å². The first kappa shape index (κ1) is 22.7. The van der Waals surface area contributed by atoms with Crippen molar-refractivity contribution in [3.63, 3.8) is 0 Å². The van der Waals surface area contributed by atoms with Gasteiger partial charge >= 0.3 is 0 Å². The van der Waals surface area contributed by atoms with Crippen molar-refractivity contribution in [3.05, 3.63) is 90.0 Å². The van der Waals surface area contributed by atoms with Gasteiger partial charge in [-0.2, -0.15) is 0 Å². The van der Waals surface area contributed by atoms with E-state index in [0.29, 0.717) is 6.54 Å². The molecular weight excluding hydrogens is 384 g/mol. The molecule has 0 aliphatic carbocycles. The molecule has 0 unspecified atom stereocenters. The smallest absolute Gasteiger partial charge is 0.142 e. The van der Waals surface area contributed by atoms with Crippen LogP contribution in [0, 0.1) is 0 Å². The lowest BCUT2D eigenvalue weighted by atomic mass is 9.74. The summed E-state index contributed by atoms with van der Waals surface area (Å²) >= 11 is 0. The second-order valence-corrected chi connectivity index (χ2v) is 8.14. The lowest BCUT2D eigenvalue weighted by molar-refractivity contribution is 0.354. The van der Waals surface area contributed by atoms with Crippen molar-refractivity contribution >= 4 is 5.69 Å². The van der Waals surface area contributed by atoms with Crippen molar-refractivity contribution in [3.8, 4) is 11.5 Å². The van der Waals surface area contributed by atoms with Gasteiger partial charge in [0.2, 0.25) is 0 Å². The van der Waals surface area contributed by atoms with Crippen LogP contribution in [-0.4, -0.2) is 27.3 Å². The second-order valence-electron chi connectivity index (χ2n) is 8.14. The fourth-order valence-corrected chi connectivity index (χ4v) is 4.03. The topological polar surface area (TPSA) is 47.7 Å². The lowest BCUT2D eigenvalue weighted by Gasteiger charge is -2.41. The van der Waals surface area contributed by atoms with Crippen molar-refractivity contribution in [2.45, 2.75) is 31.7 Å². The molecule has 4 rings (SSSR count). The zero-order chi connectivity index (χ0) is 22.1. The Kier molecular flexibility index (Phi) is 7.96. The standard InChI is InChI=1S/C20H25NO2.C7H9N/c1-20(16-7-6-8-17(15-16)22-2)11-13-21(14-12-20)18-9-4-5-10-19(18)23-3;8-6-7-4-2-1-3-5-7/h4-10,15H,11-14H2,1-3H3;1-5H,6,8H2. The van der Waals surface area contributed by atoms with Crippen molar-refractivity contribution in [2.75, 3.05) is 32.2 Å². The maximum atomic E-state index is 5.51. The molecule has 164 valence electrons. The van der Waals surface area contributed by atoms with Crippen LogP contribution in [0.1, 0.15) is 30.9 Å². The highest BCUT2D eigenvalue weighted by molar-refractivity contribution is 5.59. The minimum Gasteiger partial charge on any atom is -0.497 e. The Morgan fingerprint density at radius 2 is 1.52 bits per heavy atom. The Bertz CT molecular complexity index is 935. The van der Waals surface area contributed by atoms with Gasteiger partial charge in [-0.25, -0.2) is 0 Å². The van der Waals surface area contributed by atoms with Crippen LogP contribution < -0.4 is 20.1 Å². The largest absolute Gasteiger partial charge is 0.497 e. The third-order valence-corrected chi connectivity index (χ3v) is 6.14. The van der Waals surface area contributed by atoms with Gasteiger partial charge in [0.1, 0.15) is 11.5 Å². The summed E-state index contributed by atoms with van der Waals surface area (Å²) in [5.41, 5.74) is 9.31. The highest BCUT2D eigenvalue weighted by Gasteiger charge is 2.32. The van der Waals surface area contributed by atoms with Crippen LogP contribution in [0.2, 0.25) is 0 Å². The van der Waals surface area contributed by atoms with Crippen LogP contribution >= 0.6 is 0 Å². The van der Waals surface area contributed by atoms with Gasteiger partial charge < -0.3 is 20.1 Å². The third kappa shape index (κ3) is 5.80. The van der Waals surface area contributed by atoms with Crippen LogP contribution in [0.15, 0.2) is 78.9 Å². The Morgan fingerprint density at radius 1 is 0.839 bits per heavy atom. The average Bonchev–Trinajstić information content (AvgIpc) is 2.85. The second kappa shape index (κ2) is 10.9. The Labute approximate surface area is 186 Å². The number of rotatable bonds is 5. The van der Waals surface area contributed by atoms with E-state index in [9.17, 15) is 0 Å². The fraction of sp³-hybridized carbons (Fsp3) is 0.333. The molecule has 1 saturated heterocycles. The quantitative estimate of drug-likeness (QED) is 0.602. The molecule has 1 fully saturated rings. The molecule has 0 amide bonds. The molecule has 1 aliphatic rings. The third-order valence-electron chi connectivity index (χ3n) is 6.14. The van der Waals surface area contributed by atoms with Gasteiger partial charge in [0.25, 0.3) is 0 Å². The molecule has 2 N–H and O–H groups in total. The molecule has 1 heterocycles. The van der Waals surface area contributed by atoms with Crippen LogP contribution in [0.5, 0.6) is 11.5 Å². The highest BCUT2D eigenvalue weighted by atomic mass is 16.5. The number of methoxy groups -OCH3 is 2. The van der Waals surface area contributed by atoms with Crippen LogP contribution in [0.4, 0.5) is 5.69 Å². The first-order valence-electron chi connectivity index (χ1n) is 10.9. The van der Waals surface area contributed by atoms with E-state index < -0.39 is 0 Å². The van der Waals surface area contributed by atoms with Gasteiger partial charge in [-0.1, -0.05) is 61.5 Å². The van der Waals surface area contributed by atoms with Gasteiger partial charge in [-0.3, -0.25) is 0 Å². The number of ether oxygens (including phenoxy) is 2. The minimum absolute atomic E-state index is 0.201. The summed E-state index contributed by atoms with van der Waals surface area (Å²) in [4.78, 5) is 2.43. The van der Waals surface area contributed by atoms with Crippen molar-refractivity contribution in [1.82, 2.24) is 0 Å². The molecule has 0 aromatic heterocycles. The molecule has 0 radical (unpaired) electrons. The molecule has 3 aromatic rings. The summed E-state index contributed by atoms with van der Waals surface area (Å²) in [7, 11) is 3.47. The number of nitrogens with zero attached hydrogens (tertiary/aromatic N) is 1. The number of hydrogen-bond acceptors (Lipinski definition) is 4. The van der Waals surface area contributed by atoms with Gasteiger partial charge in [0.05, 0.1) is 19.9 Å². The van der Waals surface area contributed by atoms with Crippen LogP contribution in [0.3, 0.4) is 0 Å². The number of para-hydroxylation sites is 2. The van der Waals surface area contributed by atoms with Crippen LogP contribution in [-0.2, 0) is 12.0 Å².